The van der Waals surface area contributed by atoms with Crippen LogP contribution >= 0.6 is 23.4 Å². The second kappa shape index (κ2) is 10.0. The zero-order chi connectivity index (χ0) is 20.7. The molecule has 3 aromatic rings. The molecule has 0 radical (unpaired) electrons. The van der Waals surface area contributed by atoms with Crippen molar-refractivity contribution in [3.8, 4) is 0 Å². The normalized spacial score (nSPS) is 11.3. The van der Waals surface area contributed by atoms with Crippen LogP contribution < -0.4 is 5.32 Å². The molecule has 1 N–H and O–H groups in total. The van der Waals surface area contributed by atoms with Crippen LogP contribution in [0.1, 0.15) is 21.7 Å². The Morgan fingerprint density at radius 3 is 2.48 bits per heavy atom. The van der Waals surface area contributed by atoms with Crippen molar-refractivity contribution in [3.63, 3.8) is 0 Å². The van der Waals surface area contributed by atoms with E-state index in [1.165, 1.54) is 24.5 Å². The van der Waals surface area contributed by atoms with Gasteiger partial charge >= 0.3 is 0 Å². The van der Waals surface area contributed by atoms with Crippen LogP contribution in [0.4, 0.5) is 0 Å². The third-order valence-corrected chi connectivity index (χ3v) is 7.08. The summed E-state index contributed by atoms with van der Waals surface area (Å²) < 4.78 is 30.3. The van der Waals surface area contributed by atoms with Crippen molar-refractivity contribution in [2.45, 2.75) is 16.4 Å². The highest BCUT2D eigenvalue weighted by Gasteiger charge is 2.22. The van der Waals surface area contributed by atoms with Crippen molar-refractivity contribution < 1.29 is 17.6 Å². The number of amides is 1. The first-order valence-electron chi connectivity index (χ1n) is 8.90. The highest BCUT2D eigenvalue weighted by atomic mass is 35.5. The van der Waals surface area contributed by atoms with Crippen LogP contribution in [0.2, 0.25) is 5.02 Å². The lowest BCUT2D eigenvalue weighted by atomic mass is 10.2. The maximum Gasteiger partial charge on any atom is 0.287 e. The number of rotatable bonds is 9. The molecule has 0 bridgehead atoms. The number of hydrogen-bond donors (Lipinski definition) is 1. The molecule has 0 unspecified atom stereocenters. The highest BCUT2D eigenvalue weighted by molar-refractivity contribution is 7.98. The third-order valence-electron chi connectivity index (χ3n) is 4.11. The molecule has 0 saturated heterocycles. The number of thioether (sulfide) groups is 1. The summed E-state index contributed by atoms with van der Waals surface area (Å²) in [6, 6.07) is 17.3. The minimum Gasteiger partial charge on any atom is -0.459 e. The standard InChI is InChI=1S/C21H20ClNO4S2/c22-18-8-6-16(7-9-18)14-28-13-11-23-21(24)20-17(10-12-27-20)15-29(25,26)19-4-2-1-3-5-19/h1-10,12H,11,13-15H2,(H,23,24). The van der Waals surface area contributed by atoms with Crippen LogP contribution in [0.3, 0.4) is 0 Å². The molecule has 0 aliphatic carbocycles. The predicted molar refractivity (Wildman–Crippen MR) is 116 cm³/mol. The van der Waals surface area contributed by atoms with Crippen LogP contribution in [0.15, 0.2) is 76.2 Å². The highest BCUT2D eigenvalue weighted by Crippen LogP contribution is 2.20. The lowest BCUT2D eigenvalue weighted by molar-refractivity contribution is 0.0927. The Labute approximate surface area is 179 Å². The van der Waals surface area contributed by atoms with E-state index in [1.807, 2.05) is 24.3 Å². The molecule has 1 aromatic heterocycles. The van der Waals surface area contributed by atoms with Gasteiger partial charge in [-0.3, -0.25) is 4.79 Å². The smallest absolute Gasteiger partial charge is 0.287 e. The molecule has 1 amide bonds. The average Bonchev–Trinajstić information content (AvgIpc) is 3.17. The number of sulfone groups is 1. The summed E-state index contributed by atoms with van der Waals surface area (Å²) in [5.41, 5.74) is 1.50. The van der Waals surface area contributed by atoms with Crippen molar-refractivity contribution in [1.82, 2.24) is 5.32 Å². The van der Waals surface area contributed by atoms with Crippen LogP contribution in [0.5, 0.6) is 0 Å². The van der Waals surface area contributed by atoms with Gasteiger partial charge < -0.3 is 9.73 Å². The summed E-state index contributed by atoms with van der Waals surface area (Å²) in [6.07, 6.45) is 1.33. The SMILES string of the molecule is O=C(NCCSCc1ccc(Cl)cc1)c1occc1CS(=O)(=O)c1ccccc1. The molecule has 29 heavy (non-hydrogen) atoms. The molecule has 0 fully saturated rings. The Hall–Kier alpha value is -2.22. The zero-order valence-electron chi connectivity index (χ0n) is 15.5. The summed E-state index contributed by atoms with van der Waals surface area (Å²) in [6.45, 7) is 0.447. The molecule has 1 heterocycles. The Morgan fingerprint density at radius 1 is 1.03 bits per heavy atom. The largest absolute Gasteiger partial charge is 0.459 e. The van der Waals surface area contributed by atoms with Gasteiger partial charge in [-0.1, -0.05) is 41.9 Å². The first kappa shape index (κ1) is 21.5. The summed E-state index contributed by atoms with van der Waals surface area (Å²) in [5.74, 6) is 0.857. The quantitative estimate of drug-likeness (QED) is 0.484. The molecular weight excluding hydrogens is 430 g/mol. The Balaban J connectivity index is 1.50. The van der Waals surface area contributed by atoms with Crippen molar-refractivity contribution in [2.75, 3.05) is 12.3 Å². The van der Waals surface area contributed by atoms with E-state index in [1.54, 1.807) is 30.0 Å². The molecule has 0 saturated carbocycles. The van der Waals surface area contributed by atoms with Gasteiger partial charge in [-0.15, -0.1) is 0 Å². The fourth-order valence-electron chi connectivity index (χ4n) is 2.65. The van der Waals surface area contributed by atoms with Gasteiger partial charge in [-0.05, 0) is 35.9 Å². The lowest BCUT2D eigenvalue weighted by Gasteiger charge is -2.07. The second-order valence-corrected chi connectivity index (χ2v) is 9.81. The second-order valence-electron chi connectivity index (χ2n) is 6.28. The van der Waals surface area contributed by atoms with E-state index in [-0.39, 0.29) is 16.4 Å². The van der Waals surface area contributed by atoms with E-state index < -0.39 is 15.7 Å². The number of nitrogens with one attached hydrogen (secondary N) is 1. The molecular formula is C21H20ClNO4S2. The molecule has 152 valence electrons. The predicted octanol–water partition coefficient (Wildman–Crippen LogP) is 4.57. The van der Waals surface area contributed by atoms with E-state index in [9.17, 15) is 13.2 Å². The Kier molecular flexibility index (Phi) is 7.41. The number of carbonyl (C=O) groups is 1. The van der Waals surface area contributed by atoms with Crippen molar-refractivity contribution in [3.05, 3.63) is 88.8 Å². The Morgan fingerprint density at radius 2 is 1.76 bits per heavy atom. The summed E-state index contributed by atoms with van der Waals surface area (Å²) >= 11 is 7.54. The Bertz CT molecular complexity index is 1050. The molecule has 8 heteroatoms. The third kappa shape index (κ3) is 6.13. The van der Waals surface area contributed by atoms with E-state index in [2.05, 4.69) is 5.32 Å². The van der Waals surface area contributed by atoms with Gasteiger partial charge in [0.05, 0.1) is 16.9 Å². The molecule has 0 aliphatic rings. The van der Waals surface area contributed by atoms with Gasteiger partial charge in [0, 0.05) is 28.6 Å². The minimum absolute atomic E-state index is 0.0345. The topological polar surface area (TPSA) is 76.4 Å². The van der Waals surface area contributed by atoms with Crippen molar-refractivity contribution in [1.29, 1.82) is 0 Å². The lowest BCUT2D eigenvalue weighted by Crippen LogP contribution is -2.26. The first-order valence-corrected chi connectivity index (χ1v) is 12.1. The number of hydrogen-bond acceptors (Lipinski definition) is 5. The minimum atomic E-state index is -3.56. The molecule has 0 aliphatic heterocycles. The van der Waals surface area contributed by atoms with Gasteiger partial charge in [0.1, 0.15) is 0 Å². The van der Waals surface area contributed by atoms with E-state index in [0.717, 1.165) is 11.3 Å². The van der Waals surface area contributed by atoms with Crippen LogP contribution in [-0.4, -0.2) is 26.6 Å². The first-order chi connectivity index (χ1) is 14.0. The fourth-order valence-corrected chi connectivity index (χ4v) is 4.97. The monoisotopic (exact) mass is 449 g/mol. The van der Waals surface area contributed by atoms with Crippen LogP contribution in [-0.2, 0) is 21.3 Å². The van der Waals surface area contributed by atoms with Gasteiger partial charge in [-0.25, -0.2) is 8.42 Å². The molecule has 2 aromatic carbocycles. The summed E-state index contributed by atoms with van der Waals surface area (Å²) in [7, 11) is -3.56. The molecule has 0 atom stereocenters. The van der Waals surface area contributed by atoms with Crippen molar-refractivity contribution >= 4 is 39.1 Å². The molecule has 3 rings (SSSR count). The fraction of sp³-hybridized carbons (Fsp3) is 0.190. The van der Waals surface area contributed by atoms with Crippen molar-refractivity contribution in [2.24, 2.45) is 0 Å². The zero-order valence-corrected chi connectivity index (χ0v) is 17.9. The summed E-state index contributed by atoms with van der Waals surface area (Å²) in [4.78, 5) is 12.6. The van der Waals surface area contributed by atoms with E-state index in [0.29, 0.717) is 22.9 Å². The average molecular weight is 450 g/mol. The van der Waals surface area contributed by atoms with E-state index in [4.69, 9.17) is 16.0 Å². The van der Waals surface area contributed by atoms with E-state index >= 15 is 0 Å². The number of benzene rings is 2. The van der Waals surface area contributed by atoms with Crippen LogP contribution in [0, 0.1) is 0 Å². The molecule has 5 nitrogen and oxygen atoms in total. The number of halogens is 1. The number of furan rings is 1. The van der Waals surface area contributed by atoms with Gasteiger partial charge in [0.15, 0.2) is 15.6 Å². The van der Waals surface area contributed by atoms with Gasteiger partial charge in [0.2, 0.25) is 0 Å². The maximum atomic E-state index is 12.5. The summed E-state index contributed by atoms with van der Waals surface area (Å²) in [5, 5.41) is 3.48. The molecule has 0 spiro atoms. The maximum absolute atomic E-state index is 12.5. The van der Waals surface area contributed by atoms with Gasteiger partial charge in [-0.2, -0.15) is 11.8 Å². The van der Waals surface area contributed by atoms with Gasteiger partial charge in [0.25, 0.3) is 5.91 Å². The number of carbonyl (C=O) groups excluding carboxylic acids is 1. The van der Waals surface area contributed by atoms with Crippen LogP contribution in [0.25, 0.3) is 0 Å².